The molecule has 9 heteroatoms. The number of carbonyl (C=O) groups is 1. The number of amides is 1. The average molecular weight is 435 g/mol. The molecule has 1 amide bonds. The van der Waals surface area contributed by atoms with Crippen LogP contribution >= 0.6 is 34.5 Å². The molecule has 0 saturated carbocycles. The molecule has 0 unspecified atom stereocenters. The zero-order valence-corrected chi connectivity index (χ0v) is 17.0. The molecule has 1 aromatic heterocycles. The lowest BCUT2D eigenvalue weighted by Crippen LogP contribution is -2.24. The summed E-state index contributed by atoms with van der Waals surface area (Å²) in [6, 6.07) is 10.9. The Hall–Kier alpha value is -2.19. The van der Waals surface area contributed by atoms with Crippen LogP contribution in [0.2, 0.25) is 10.0 Å². The zero-order chi connectivity index (χ0) is 19.5. The Kier molecular flexibility index (Phi) is 5.77. The van der Waals surface area contributed by atoms with Crippen molar-refractivity contribution in [2.24, 2.45) is 0 Å². The van der Waals surface area contributed by atoms with Crippen LogP contribution in [0.25, 0.3) is 0 Å². The Balaban J connectivity index is 1.40. The summed E-state index contributed by atoms with van der Waals surface area (Å²) in [5.41, 5.74) is 3.04. The van der Waals surface area contributed by atoms with Gasteiger partial charge in [0, 0.05) is 12.1 Å². The van der Waals surface area contributed by atoms with Crippen LogP contribution in [0.5, 0.6) is 5.75 Å². The SMILES string of the molecule is O=C(Nc1nnc(COc2c(Cl)cccc2Cl)s1)c1ccc2c(c1)CCNC2. The number of para-hydroxylation sites is 1. The van der Waals surface area contributed by atoms with Crippen LogP contribution in [0.15, 0.2) is 36.4 Å². The minimum Gasteiger partial charge on any atom is -0.483 e. The lowest BCUT2D eigenvalue weighted by Gasteiger charge is -2.17. The van der Waals surface area contributed by atoms with Crippen molar-refractivity contribution in [2.45, 2.75) is 19.6 Å². The summed E-state index contributed by atoms with van der Waals surface area (Å²) in [7, 11) is 0. The molecule has 0 atom stereocenters. The summed E-state index contributed by atoms with van der Waals surface area (Å²) in [5.74, 6) is 0.189. The monoisotopic (exact) mass is 434 g/mol. The second-order valence-corrected chi connectivity index (χ2v) is 8.08. The van der Waals surface area contributed by atoms with Crippen LogP contribution < -0.4 is 15.4 Å². The quantitative estimate of drug-likeness (QED) is 0.624. The number of nitrogens with one attached hydrogen (secondary N) is 2. The topological polar surface area (TPSA) is 76.1 Å². The Morgan fingerprint density at radius 2 is 2.00 bits per heavy atom. The maximum Gasteiger partial charge on any atom is 0.257 e. The molecular formula is C19H16Cl2N4O2S. The molecule has 2 N–H and O–H groups in total. The van der Waals surface area contributed by atoms with Crippen LogP contribution in [-0.4, -0.2) is 22.6 Å². The highest BCUT2D eigenvalue weighted by Crippen LogP contribution is 2.33. The molecule has 0 aliphatic carbocycles. The van der Waals surface area contributed by atoms with Crippen LogP contribution in [0, 0.1) is 0 Å². The fourth-order valence-corrected chi connectivity index (χ4v) is 4.06. The van der Waals surface area contributed by atoms with Gasteiger partial charge in [-0.05, 0) is 48.4 Å². The van der Waals surface area contributed by atoms with Gasteiger partial charge in [-0.2, -0.15) is 0 Å². The normalized spacial score (nSPS) is 13.1. The van der Waals surface area contributed by atoms with Gasteiger partial charge in [0.15, 0.2) is 10.8 Å². The van der Waals surface area contributed by atoms with Crippen LogP contribution in [0.1, 0.15) is 26.5 Å². The molecule has 0 spiro atoms. The van der Waals surface area contributed by atoms with E-state index < -0.39 is 0 Å². The predicted molar refractivity (Wildman–Crippen MR) is 111 cm³/mol. The number of hydrogen-bond donors (Lipinski definition) is 2. The molecule has 1 aliphatic heterocycles. The number of benzene rings is 2. The van der Waals surface area contributed by atoms with E-state index in [9.17, 15) is 4.79 Å². The standard InChI is InChI=1S/C19H16Cl2N4O2S/c20-14-2-1-3-15(21)17(14)27-10-16-24-25-19(28-16)23-18(26)12-4-5-13-9-22-7-6-11(13)8-12/h1-5,8,22H,6-7,9-10H2,(H,23,25,26). The van der Waals surface area contributed by atoms with Crippen molar-refractivity contribution >= 4 is 45.6 Å². The van der Waals surface area contributed by atoms with E-state index in [-0.39, 0.29) is 12.5 Å². The number of fused-ring (bicyclic) bond motifs is 1. The Labute approximate surface area is 175 Å². The molecule has 28 heavy (non-hydrogen) atoms. The second kappa shape index (κ2) is 8.45. The lowest BCUT2D eigenvalue weighted by atomic mass is 9.98. The first-order chi connectivity index (χ1) is 13.6. The van der Waals surface area contributed by atoms with Gasteiger partial charge in [-0.25, -0.2) is 0 Å². The highest BCUT2D eigenvalue weighted by atomic mass is 35.5. The van der Waals surface area contributed by atoms with Crippen molar-refractivity contribution in [3.63, 3.8) is 0 Å². The smallest absolute Gasteiger partial charge is 0.257 e. The maximum absolute atomic E-state index is 12.5. The summed E-state index contributed by atoms with van der Waals surface area (Å²) >= 11 is 13.4. The van der Waals surface area contributed by atoms with Crippen LogP contribution in [0.3, 0.4) is 0 Å². The first kappa shape index (κ1) is 19.1. The number of nitrogens with zero attached hydrogens (tertiary/aromatic N) is 2. The third-order valence-corrected chi connectivity index (χ3v) is 5.71. The first-order valence-electron chi connectivity index (χ1n) is 8.63. The minimum absolute atomic E-state index is 0.156. The molecule has 0 radical (unpaired) electrons. The average Bonchev–Trinajstić information content (AvgIpc) is 3.14. The van der Waals surface area contributed by atoms with Gasteiger partial charge in [0.05, 0.1) is 10.0 Å². The number of rotatable bonds is 5. The van der Waals surface area contributed by atoms with Crippen LogP contribution in [0.4, 0.5) is 5.13 Å². The van der Waals surface area contributed by atoms with E-state index in [1.165, 1.54) is 22.5 Å². The van der Waals surface area contributed by atoms with Gasteiger partial charge < -0.3 is 10.1 Å². The molecular weight excluding hydrogens is 419 g/mol. The van der Waals surface area contributed by atoms with Gasteiger partial charge in [0.25, 0.3) is 5.91 Å². The van der Waals surface area contributed by atoms with Gasteiger partial charge in [-0.3, -0.25) is 10.1 Å². The number of halogens is 2. The largest absolute Gasteiger partial charge is 0.483 e. The molecule has 6 nitrogen and oxygen atoms in total. The van der Waals surface area contributed by atoms with E-state index in [4.69, 9.17) is 27.9 Å². The molecule has 0 bridgehead atoms. The van der Waals surface area contributed by atoms with Gasteiger partial charge in [-0.15, -0.1) is 10.2 Å². The summed E-state index contributed by atoms with van der Waals surface area (Å²) in [4.78, 5) is 12.5. The fourth-order valence-electron chi connectivity index (χ4n) is 2.90. The third-order valence-electron chi connectivity index (χ3n) is 4.30. The number of anilines is 1. The summed E-state index contributed by atoms with van der Waals surface area (Å²) in [5, 5.41) is 16.0. The van der Waals surface area contributed by atoms with Crippen LogP contribution in [-0.2, 0) is 19.6 Å². The van der Waals surface area contributed by atoms with Crippen molar-refractivity contribution < 1.29 is 9.53 Å². The Bertz CT molecular complexity index is 1000. The Morgan fingerprint density at radius 3 is 2.82 bits per heavy atom. The second-order valence-electron chi connectivity index (χ2n) is 6.20. The van der Waals surface area contributed by atoms with Crippen molar-refractivity contribution in [3.05, 3.63) is 68.1 Å². The van der Waals surface area contributed by atoms with E-state index in [1.807, 2.05) is 18.2 Å². The fraction of sp³-hybridized carbons (Fsp3) is 0.211. The van der Waals surface area contributed by atoms with E-state index in [1.54, 1.807) is 18.2 Å². The first-order valence-corrected chi connectivity index (χ1v) is 10.2. The number of hydrogen-bond acceptors (Lipinski definition) is 6. The van der Waals surface area contributed by atoms with Crippen molar-refractivity contribution in [1.82, 2.24) is 15.5 Å². The van der Waals surface area contributed by atoms with E-state index in [2.05, 4.69) is 20.8 Å². The molecule has 0 saturated heterocycles. The van der Waals surface area contributed by atoms with Gasteiger partial charge in [0.2, 0.25) is 5.13 Å². The van der Waals surface area contributed by atoms with E-state index in [0.717, 1.165) is 19.5 Å². The molecule has 4 rings (SSSR count). The zero-order valence-electron chi connectivity index (χ0n) is 14.7. The predicted octanol–water partition coefficient (Wildman–Crippen LogP) is 4.32. The molecule has 1 aliphatic rings. The Morgan fingerprint density at radius 1 is 1.18 bits per heavy atom. The number of ether oxygens (including phenoxy) is 1. The minimum atomic E-state index is -0.209. The third kappa shape index (κ3) is 4.28. The molecule has 0 fully saturated rings. The molecule has 144 valence electrons. The highest BCUT2D eigenvalue weighted by Gasteiger charge is 2.15. The number of aromatic nitrogens is 2. The van der Waals surface area contributed by atoms with Crippen molar-refractivity contribution in [1.29, 1.82) is 0 Å². The van der Waals surface area contributed by atoms with Gasteiger partial charge >= 0.3 is 0 Å². The molecule has 2 heterocycles. The molecule has 3 aromatic rings. The molecule has 2 aromatic carbocycles. The summed E-state index contributed by atoms with van der Waals surface area (Å²) in [6.07, 6.45) is 0.918. The van der Waals surface area contributed by atoms with Crippen molar-refractivity contribution in [3.8, 4) is 5.75 Å². The maximum atomic E-state index is 12.5. The summed E-state index contributed by atoms with van der Waals surface area (Å²) < 4.78 is 5.64. The van der Waals surface area contributed by atoms with Gasteiger partial charge in [0.1, 0.15) is 6.61 Å². The van der Waals surface area contributed by atoms with Crippen molar-refractivity contribution in [2.75, 3.05) is 11.9 Å². The lowest BCUT2D eigenvalue weighted by molar-refractivity contribution is 0.102. The summed E-state index contributed by atoms with van der Waals surface area (Å²) in [6.45, 7) is 1.92. The van der Waals surface area contributed by atoms with Gasteiger partial charge in [-0.1, -0.05) is 46.7 Å². The van der Waals surface area contributed by atoms with E-state index >= 15 is 0 Å². The highest BCUT2D eigenvalue weighted by molar-refractivity contribution is 7.15. The van der Waals surface area contributed by atoms with E-state index in [0.29, 0.717) is 31.5 Å². The number of carbonyl (C=O) groups excluding carboxylic acids is 1.